The van der Waals surface area contributed by atoms with Crippen molar-refractivity contribution in [2.24, 2.45) is 0 Å². The SMILES string of the molecule is CCCC(C)NC(=O)CN1C(=O)COc2cc(N)ccc21. The maximum absolute atomic E-state index is 12.0. The summed E-state index contributed by atoms with van der Waals surface area (Å²) >= 11 is 0. The quantitative estimate of drug-likeness (QED) is 0.801. The molecule has 1 aromatic carbocycles. The lowest BCUT2D eigenvalue weighted by Crippen LogP contribution is -2.46. The van der Waals surface area contributed by atoms with E-state index in [9.17, 15) is 9.59 Å². The van der Waals surface area contributed by atoms with Crippen molar-refractivity contribution in [2.45, 2.75) is 32.7 Å². The van der Waals surface area contributed by atoms with E-state index in [1.165, 1.54) is 4.90 Å². The Morgan fingerprint density at radius 3 is 3.00 bits per heavy atom. The number of hydrogen-bond donors (Lipinski definition) is 2. The molecule has 6 heteroatoms. The Bertz CT molecular complexity index is 545. The van der Waals surface area contributed by atoms with Crippen molar-refractivity contribution in [3.8, 4) is 5.75 Å². The molecule has 0 aliphatic carbocycles. The molecule has 21 heavy (non-hydrogen) atoms. The molecule has 1 unspecified atom stereocenters. The largest absolute Gasteiger partial charge is 0.481 e. The maximum atomic E-state index is 12.0. The molecule has 2 rings (SSSR count). The first-order valence-corrected chi connectivity index (χ1v) is 7.13. The second-order valence-electron chi connectivity index (χ2n) is 5.25. The minimum atomic E-state index is -0.231. The second-order valence-corrected chi connectivity index (χ2v) is 5.25. The average Bonchev–Trinajstić information content (AvgIpc) is 2.42. The summed E-state index contributed by atoms with van der Waals surface area (Å²) in [6.45, 7) is 3.94. The van der Waals surface area contributed by atoms with Crippen LogP contribution in [0.5, 0.6) is 5.75 Å². The molecule has 2 amide bonds. The first-order chi connectivity index (χ1) is 10.0. The van der Waals surface area contributed by atoms with Crippen LogP contribution in [0.3, 0.4) is 0 Å². The van der Waals surface area contributed by atoms with Gasteiger partial charge in [0.1, 0.15) is 12.3 Å². The minimum absolute atomic E-state index is 0.00678. The third kappa shape index (κ3) is 3.65. The van der Waals surface area contributed by atoms with Gasteiger partial charge in [0.25, 0.3) is 5.91 Å². The summed E-state index contributed by atoms with van der Waals surface area (Å²) in [5.74, 6) is 0.128. The van der Waals surface area contributed by atoms with E-state index in [2.05, 4.69) is 12.2 Å². The summed E-state index contributed by atoms with van der Waals surface area (Å²) in [6.07, 6.45) is 1.91. The molecule has 1 aromatic rings. The van der Waals surface area contributed by atoms with Gasteiger partial charge in [-0.15, -0.1) is 0 Å². The van der Waals surface area contributed by atoms with E-state index in [1.54, 1.807) is 18.2 Å². The van der Waals surface area contributed by atoms with Crippen molar-refractivity contribution in [1.82, 2.24) is 5.32 Å². The van der Waals surface area contributed by atoms with Gasteiger partial charge < -0.3 is 15.8 Å². The lowest BCUT2D eigenvalue weighted by molar-refractivity contribution is -0.125. The smallest absolute Gasteiger partial charge is 0.265 e. The highest BCUT2D eigenvalue weighted by molar-refractivity contribution is 6.02. The van der Waals surface area contributed by atoms with E-state index in [4.69, 9.17) is 10.5 Å². The monoisotopic (exact) mass is 291 g/mol. The molecule has 1 heterocycles. The van der Waals surface area contributed by atoms with Gasteiger partial charge in [-0.05, 0) is 25.5 Å². The summed E-state index contributed by atoms with van der Waals surface area (Å²) in [5.41, 5.74) is 6.84. The Labute approximate surface area is 124 Å². The molecule has 0 saturated heterocycles. The summed E-state index contributed by atoms with van der Waals surface area (Å²) in [4.78, 5) is 25.5. The highest BCUT2D eigenvalue weighted by atomic mass is 16.5. The molecule has 3 N–H and O–H groups in total. The molecular weight excluding hydrogens is 270 g/mol. The van der Waals surface area contributed by atoms with Gasteiger partial charge in [0, 0.05) is 17.8 Å². The lowest BCUT2D eigenvalue weighted by Gasteiger charge is -2.29. The predicted molar refractivity (Wildman–Crippen MR) is 81.2 cm³/mol. The number of anilines is 2. The third-order valence-corrected chi connectivity index (χ3v) is 3.36. The number of hydrogen-bond acceptors (Lipinski definition) is 4. The van der Waals surface area contributed by atoms with Crippen molar-refractivity contribution in [3.63, 3.8) is 0 Å². The van der Waals surface area contributed by atoms with Crippen LogP contribution in [0.25, 0.3) is 0 Å². The third-order valence-electron chi connectivity index (χ3n) is 3.36. The standard InChI is InChI=1S/C15H21N3O3/c1-3-4-10(2)17-14(19)8-18-12-6-5-11(16)7-13(12)21-9-15(18)20/h5-7,10H,3-4,8-9,16H2,1-2H3,(H,17,19). The van der Waals surface area contributed by atoms with E-state index in [1.807, 2.05) is 6.92 Å². The Morgan fingerprint density at radius 2 is 2.29 bits per heavy atom. The first kappa shape index (κ1) is 15.2. The van der Waals surface area contributed by atoms with Crippen molar-refractivity contribution < 1.29 is 14.3 Å². The fourth-order valence-corrected chi connectivity index (χ4v) is 2.36. The van der Waals surface area contributed by atoms with E-state index < -0.39 is 0 Å². The zero-order valence-corrected chi connectivity index (χ0v) is 12.4. The van der Waals surface area contributed by atoms with E-state index in [0.29, 0.717) is 17.1 Å². The van der Waals surface area contributed by atoms with Gasteiger partial charge >= 0.3 is 0 Å². The minimum Gasteiger partial charge on any atom is -0.481 e. The molecule has 0 fully saturated rings. The zero-order valence-electron chi connectivity index (χ0n) is 12.4. The van der Waals surface area contributed by atoms with Crippen molar-refractivity contribution in [3.05, 3.63) is 18.2 Å². The number of amides is 2. The van der Waals surface area contributed by atoms with Crippen LogP contribution < -0.4 is 20.7 Å². The molecule has 114 valence electrons. The van der Waals surface area contributed by atoms with E-state index in [0.717, 1.165) is 12.8 Å². The van der Waals surface area contributed by atoms with Crippen LogP contribution in [-0.2, 0) is 9.59 Å². The second kappa shape index (κ2) is 6.47. The molecule has 0 aromatic heterocycles. The number of rotatable bonds is 5. The maximum Gasteiger partial charge on any atom is 0.265 e. The summed E-state index contributed by atoms with van der Waals surface area (Å²) in [5, 5.41) is 2.89. The van der Waals surface area contributed by atoms with Gasteiger partial charge in [-0.2, -0.15) is 0 Å². The Balaban J connectivity index is 2.09. The number of ether oxygens (including phenoxy) is 1. The van der Waals surface area contributed by atoms with E-state index >= 15 is 0 Å². The molecule has 6 nitrogen and oxygen atoms in total. The topological polar surface area (TPSA) is 84.7 Å². The zero-order chi connectivity index (χ0) is 15.4. The van der Waals surface area contributed by atoms with Crippen LogP contribution in [0.1, 0.15) is 26.7 Å². The van der Waals surface area contributed by atoms with Crippen LogP contribution in [0.15, 0.2) is 18.2 Å². The van der Waals surface area contributed by atoms with Crippen LogP contribution in [-0.4, -0.2) is 31.0 Å². The first-order valence-electron chi connectivity index (χ1n) is 7.13. The molecule has 0 radical (unpaired) electrons. The van der Waals surface area contributed by atoms with Crippen molar-refractivity contribution in [1.29, 1.82) is 0 Å². The van der Waals surface area contributed by atoms with Crippen molar-refractivity contribution in [2.75, 3.05) is 23.8 Å². The number of fused-ring (bicyclic) bond motifs is 1. The molecule has 0 saturated carbocycles. The molecule has 1 atom stereocenters. The molecular formula is C15H21N3O3. The molecule has 1 aliphatic heterocycles. The molecule has 0 spiro atoms. The van der Waals surface area contributed by atoms with Gasteiger partial charge in [-0.25, -0.2) is 0 Å². The summed E-state index contributed by atoms with van der Waals surface area (Å²) in [6, 6.07) is 5.15. The molecule has 0 bridgehead atoms. The number of carbonyl (C=O) groups excluding carboxylic acids is 2. The normalized spacial score (nSPS) is 15.1. The summed E-state index contributed by atoms with van der Waals surface area (Å²) in [7, 11) is 0. The lowest BCUT2D eigenvalue weighted by atomic mass is 10.2. The average molecular weight is 291 g/mol. The Hall–Kier alpha value is -2.24. The fraction of sp³-hybridized carbons (Fsp3) is 0.467. The number of nitrogens with zero attached hydrogens (tertiary/aromatic N) is 1. The van der Waals surface area contributed by atoms with Gasteiger partial charge in [0.2, 0.25) is 5.91 Å². The number of nitrogens with two attached hydrogens (primary N) is 1. The Kier molecular flexibility index (Phi) is 4.67. The Morgan fingerprint density at radius 1 is 1.52 bits per heavy atom. The predicted octanol–water partition coefficient (Wildman–Crippen LogP) is 1.30. The highest BCUT2D eigenvalue weighted by Gasteiger charge is 2.27. The van der Waals surface area contributed by atoms with Crippen LogP contribution in [0, 0.1) is 0 Å². The fourth-order valence-electron chi connectivity index (χ4n) is 2.36. The van der Waals surface area contributed by atoms with Gasteiger partial charge in [0.05, 0.1) is 5.69 Å². The van der Waals surface area contributed by atoms with Crippen molar-refractivity contribution >= 4 is 23.2 Å². The van der Waals surface area contributed by atoms with Gasteiger partial charge in [-0.1, -0.05) is 13.3 Å². The number of nitrogen functional groups attached to an aromatic ring is 1. The van der Waals surface area contributed by atoms with Gasteiger partial charge in [-0.3, -0.25) is 14.5 Å². The molecule has 1 aliphatic rings. The van der Waals surface area contributed by atoms with Crippen LogP contribution >= 0.6 is 0 Å². The number of nitrogens with one attached hydrogen (secondary N) is 1. The van der Waals surface area contributed by atoms with Crippen LogP contribution in [0.4, 0.5) is 11.4 Å². The number of benzene rings is 1. The summed E-state index contributed by atoms with van der Waals surface area (Å²) < 4.78 is 5.35. The van der Waals surface area contributed by atoms with Crippen LogP contribution in [0.2, 0.25) is 0 Å². The number of carbonyl (C=O) groups is 2. The van der Waals surface area contributed by atoms with E-state index in [-0.39, 0.29) is 31.0 Å². The van der Waals surface area contributed by atoms with Gasteiger partial charge in [0.15, 0.2) is 6.61 Å². The highest BCUT2D eigenvalue weighted by Crippen LogP contribution is 2.33.